The van der Waals surface area contributed by atoms with E-state index in [-0.39, 0.29) is 0 Å². The van der Waals surface area contributed by atoms with Crippen molar-refractivity contribution >= 4 is 0 Å². The van der Waals surface area contributed by atoms with Gasteiger partial charge in [0.2, 0.25) is 0 Å². The SMILES string of the molecule is CCC(C)C1CCCN1C(C)C. The minimum Gasteiger partial charge on any atom is -0.298 e. The van der Waals surface area contributed by atoms with Gasteiger partial charge in [0.15, 0.2) is 0 Å². The lowest BCUT2D eigenvalue weighted by Crippen LogP contribution is -2.39. The molecule has 0 aliphatic carbocycles. The predicted molar refractivity (Wildman–Crippen MR) is 54.3 cm³/mol. The molecular weight excluding hydrogens is 146 g/mol. The Bertz CT molecular complexity index is 131. The van der Waals surface area contributed by atoms with E-state index >= 15 is 0 Å². The maximum atomic E-state index is 2.67. The second-order valence-electron chi connectivity index (χ2n) is 4.43. The predicted octanol–water partition coefficient (Wildman–Crippen LogP) is 2.91. The smallest absolute Gasteiger partial charge is 0.0124 e. The number of rotatable bonds is 3. The van der Waals surface area contributed by atoms with Crippen LogP contribution >= 0.6 is 0 Å². The minimum absolute atomic E-state index is 0.742. The van der Waals surface area contributed by atoms with Gasteiger partial charge in [0.05, 0.1) is 0 Å². The van der Waals surface area contributed by atoms with E-state index in [9.17, 15) is 0 Å². The van der Waals surface area contributed by atoms with Gasteiger partial charge in [-0.2, -0.15) is 0 Å². The van der Waals surface area contributed by atoms with Crippen LogP contribution in [-0.4, -0.2) is 23.5 Å². The van der Waals surface area contributed by atoms with Crippen LogP contribution in [0.2, 0.25) is 0 Å². The maximum Gasteiger partial charge on any atom is 0.0124 e. The lowest BCUT2D eigenvalue weighted by Gasteiger charge is -2.32. The molecule has 2 unspecified atom stereocenters. The van der Waals surface area contributed by atoms with Crippen LogP contribution in [0.4, 0.5) is 0 Å². The molecule has 1 heteroatoms. The first-order valence-corrected chi connectivity index (χ1v) is 5.42. The molecule has 1 rings (SSSR count). The summed E-state index contributed by atoms with van der Waals surface area (Å²) in [4.78, 5) is 2.67. The summed E-state index contributed by atoms with van der Waals surface area (Å²) < 4.78 is 0. The Kier molecular flexibility index (Phi) is 3.57. The molecule has 1 saturated heterocycles. The molecule has 1 nitrogen and oxygen atoms in total. The number of likely N-dealkylation sites (tertiary alicyclic amines) is 1. The van der Waals surface area contributed by atoms with Crippen LogP contribution in [0.5, 0.6) is 0 Å². The van der Waals surface area contributed by atoms with E-state index in [2.05, 4.69) is 32.6 Å². The van der Waals surface area contributed by atoms with Crippen LogP contribution < -0.4 is 0 Å². The first-order chi connectivity index (χ1) is 5.66. The highest BCUT2D eigenvalue weighted by molar-refractivity contribution is 4.84. The van der Waals surface area contributed by atoms with Crippen molar-refractivity contribution in [2.24, 2.45) is 5.92 Å². The fourth-order valence-corrected chi connectivity index (χ4v) is 2.34. The zero-order valence-electron chi connectivity index (χ0n) is 9.01. The molecule has 0 aromatic heterocycles. The Morgan fingerprint density at radius 1 is 1.33 bits per heavy atom. The van der Waals surface area contributed by atoms with Gasteiger partial charge in [-0.25, -0.2) is 0 Å². The van der Waals surface area contributed by atoms with E-state index in [4.69, 9.17) is 0 Å². The molecule has 1 aliphatic rings. The van der Waals surface area contributed by atoms with E-state index in [1.54, 1.807) is 0 Å². The quantitative estimate of drug-likeness (QED) is 0.628. The van der Waals surface area contributed by atoms with Crippen LogP contribution in [-0.2, 0) is 0 Å². The summed E-state index contributed by atoms with van der Waals surface area (Å²) in [5.41, 5.74) is 0. The van der Waals surface area contributed by atoms with E-state index in [0.29, 0.717) is 0 Å². The van der Waals surface area contributed by atoms with Crippen molar-refractivity contribution < 1.29 is 0 Å². The molecule has 12 heavy (non-hydrogen) atoms. The molecule has 0 radical (unpaired) electrons. The summed E-state index contributed by atoms with van der Waals surface area (Å²) in [6.45, 7) is 10.7. The molecule has 0 aromatic rings. The van der Waals surface area contributed by atoms with Crippen LogP contribution in [0, 0.1) is 5.92 Å². The van der Waals surface area contributed by atoms with Gasteiger partial charge >= 0.3 is 0 Å². The van der Waals surface area contributed by atoms with Gasteiger partial charge in [0.1, 0.15) is 0 Å². The second kappa shape index (κ2) is 4.27. The van der Waals surface area contributed by atoms with Crippen molar-refractivity contribution in [3.8, 4) is 0 Å². The van der Waals surface area contributed by atoms with E-state index in [1.165, 1.54) is 25.8 Å². The van der Waals surface area contributed by atoms with Crippen LogP contribution in [0.3, 0.4) is 0 Å². The molecule has 2 atom stereocenters. The van der Waals surface area contributed by atoms with Gasteiger partial charge in [-0.1, -0.05) is 20.3 Å². The molecule has 0 amide bonds. The first-order valence-electron chi connectivity index (χ1n) is 5.42. The van der Waals surface area contributed by atoms with Crippen LogP contribution in [0.25, 0.3) is 0 Å². The maximum absolute atomic E-state index is 2.67. The van der Waals surface area contributed by atoms with E-state index < -0.39 is 0 Å². The molecular formula is C11H23N. The zero-order valence-corrected chi connectivity index (χ0v) is 9.01. The first kappa shape index (κ1) is 10.0. The fourth-order valence-electron chi connectivity index (χ4n) is 2.34. The van der Waals surface area contributed by atoms with Crippen LogP contribution in [0.15, 0.2) is 0 Å². The molecule has 1 aliphatic heterocycles. The molecule has 0 aromatic carbocycles. The monoisotopic (exact) mass is 169 g/mol. The summed E-state index contributed by atoms with van der Waals surface area (Å²) in [5, 5.41) is 0. The van der Waals surface area contributed by atoms with Crippen molar-refractivity contribution in [3.05, 3.63) is 0 Å². The number of nitrogens with zero attached hydrogens (tertiary/aromatic N) is 1. The average Bonchev–Trinajstić information content (AvgIpc) is 2.50. The van der Waals surface area contributed by atoms with Crippen molar-refractivity contribution in [1.29, 1.82) is 0 Å². The largest absolute Gasteiger partial charge is 0.298 e. The summed E-state index contributed by atoms with van der Waals surface area (Å²) in [5.74, 6) is 0.884. The molecule has 1 heterocycles. The summed E-state index contributed by atoms with van der Waals surface area (Å²) >= 11 is 0. The van der Waals surface area contributed by atoms with Gasteiger partial charge in [-0.15, -0.1) is 0 Å². The molecule has 0 N–H and O–H groups in total. The fraction of sp³-hybridized carbons (Fsp3) is 1.00. The Hall–Kier alpha value is -0.0400. The van der Waals surface area contributed by atoms with Crippen molar-refractivity contribution in [1.82, 2.24) is 4.90 Å². The highest BCUT2D eigenvalue weighted by Crippen LogP contribution is 2.27. The van der Waals surface area contributed by atoms with Gasteiger partial charge in [-0.3, -0.25) is 4.90 Å². The summed E-state index contributed by atoms with van der Waals surface area (Å²) in [7, 11) is 0. The van der Waals surface area contributed by atoms with Gasteiger partial charge in [0, 0.05) is 12.1 Å². The summed E-state index contributed by atoms with van der Waals surface area (Å²) in [6, 6.07) is 1.61. The standard InChI is InChI=1S/C11H23N/c1-5-10(4)11-7-6-8-12(11)9(2)3/h9-11H,5-8H2,1-4H3. The Labute approximate surface area is 77.1 Å². The minimum atomic E-state index is 0.742. The molecule has 0 spiro atoms. The Morgan fingerprint density at radius 2 is 2.00 bits per heavy atom. The van der Waals surface area contributed by atoms with Gasteiger partial charge < -0.3 is 0 Å². The van der Waals surface area contributed by atoms with E-state index in [0.717, 1.165) is 18.0 Å². The van der Waals surface area contributed by atoms with Gasteiger partial charge in [-0.05, 0) is 39.2 Å². The average molecular weight is 169 g/mol. The zero-order chi connectivity index (χ0) is 9.14. The van der Waals surface area contributed by atoms with Gasteiger partial charge in [0.25, 0.3) is 0 Å². The number of hydrogen-bond acceptors (Lipinski definition) is 1. The molecule has 0 bridgehead atoms. The third kappa shape index (κ3) is 2.01. The van der Waals surface area contributed by atoms with Crippen molar-refractivity contribution in [2.45, 2.75) is 59.0 Å². The highest BCUT2D eigenvalue weighted by Gasteiger charge is 2.29. The van der Waals surface area contributed by atoms with Crippen molar-refractivity contribution in [2.75, 3.05) is 6.54 Å². The molecule has 1 fully saturated rings. The van der Waals surface area contributed by atoms with Crippen LogP contribution in [0.1, 0.15) is 47.0 Å². The Morgan fingerprint density at radius 3 is 2.50 bits per heavy atom. The lowest BCUT2D eigenvalue weighted by atomic mass is 9.96. The second-order valence-corrected chi connectivity index (χ2v) is 4.43. The topological polar surface area (TPSA) is 3.24 Å². The highest BCUT2D eigenvalue weighted by atomic mass is 15.2. The lowest BCUT2D eigenvalue weighted by molar-refractivity contribution is 0.156. The third-order valence-electron chi connectivity index (χ3n) is 3.31. The number of hydrogen-bond donors (Lipinski definition) is 0. The third-order valence-corrected chi connectivity index (χ3v) is 3.31. The van der Waals surface area contributed by atoms with Crippen molar-refractivity contribution in [3.63, 3.8) is 0 Å². The summed E-state index contributed by atoms with van der Waals surface area (Å²) in [6.07, 6.45) is 4.16. The normalized spacial score (nSPS) is 28.2. The molecule has 0 saturated carbocycles. The van der Waals surface area contributed by atoms with E-state index in [1.807, 2.05) is 0 Å². The Balaban J connectivity index is 2.51. The molecule has 72 valence electrons.